The number of hydrogen-bond acceptors (Lipinski definition) is 3. The molecule has 0 bridgehead atoms. The van der Waals surface area contributed by atoms with E-state index in [4.69, 9.17) is 10.8 Å². The molecule has 7 heteroatoms. The first kappa shape index (κ1) is 14.9. The Kier molecular flexibility index (Phi) is 5.17. The molecule has 7 nitrogen and oxygen atoms in total. The number of carboxylic acid groups (broad SMARTS) is 1. The van der Waals surface area contributed by atoms with Gasteiger partial charge in [-0.3, -0.25) is 4.79 Å². The van der Waals surface area contributed by atoms with Crippen molar-refractivity contribution in [3.8, 4) is 0 Å². The first-order chi connectivity index (χ1) is 7.70. The summed E-state index contributed by atoms with van der Waals surface area (Å²) >= 11 is 0. The van der Waals surface area contributed by atoms with Crippen molar-refractivity contribution in [2.45, 2.75) is 31.8 Å². The minimum atomic E-state index is -1.25. The van der Waals surface area contributed by atoms with Crippen LogP contribution in [0.15, 0.2) is 12.7 Å². The zero-order valence-electron chi connectivity index (χ0n) is 9.82. The Balaban J connectivity index is 4.48. The molecule has 0 aromatic rings. The summed E-state index contributed by atoms with van der Waals surface area (Å²) < 4.78 is 0. The lowest BCUT2D eigenvalue weighted by Gasteiger charge is -2.23. The average Bonchev–Trinajstić information content (AvgIpc) is 2.15. The Morgan fingerprint density at radius 2 is 2.00 bits per heavy atom. The number of nitrogens with two attached hydrogens (primary N) is 1. The standard InChI is InChI=1S/C10H17N3O4/c1-4-5-6(7(14)15)12-9(17)13-10(2,3)8(11)16/h4,6H,1,5H2,2-3H3,(H2,11,16)(H,14,15)(H2,12,13,17). The van der Waals surface area contributed by atoms with Crippen molar-refractivity contribution < 1.29 is 19.5 Å². The normalized spacial score (nSPS) is 12.4. The molecule has 0 aliphatic carbocycles. The SMILES string of the molecule is C=CCC(NC(=O)NC(C)(C)C(N)=O)C(=O)O. The first-order valence-corrected chi connectivity index (χ1v) is 4.93. The predicted molar refractivity (Wildman–Crippen MR) is 61.2 cm³/mol. The molecule has 17 heavy (non-hydrogen) atoms. The maximum Gasteiger partial charge on any atom is 0.326 e. The van der Waals surface area contributed by atoms with Crippen molar-refractivity contribution >= 4 is 17.9 Å². The predicted octanol–water partition coefficient (Wildman–Crippen LogP) is -0.421. The third-order valence-electron chi connectivity index (χ3n) is 2.05. The number of aliphatic carboxylic acids is 1. The van der Waals surface area contributed by atoms with Crippen molar-refractivity contribution in [3.05, 3.63) is 12.7 Å². The van der Waals surface area contributed by atoms with E-state index >= 15 is 0 Å². The van der Waals surface area contributed by atoms with Crippen LogP contribution < -0.4 is 16.4 Å². The van der Waals surface area contributed by atoms with E-state index in [2.05, 4.69) is 17.2 Å². The first-order valence-electron chi connectivity index (χ1n) is 4.93. The fourth-order valence-electron chi connectivity index (χ4n) is 0.928. The maximum absolute atomic E-state index is 11.4. The lowest BCUT2D eigenvalue weighted by atomic mass is 10.1. The maximum atomic E-state index is 11.4. The van der Waals surface area contributed by atoms with Crippen LogP contribution in [0.25, 0.3) is 0 Å². The molecule has 0 aliphatic heterocycles. The Hall–Kier alpha value is -2.05. The van der Waals surface area contributed by atoms with Gasteiger partial charge >= 0.3 is 12.0 Å². The molecule has 0 fully saturated rings. The number of nitrogens with one attached hydrogen (secondary N) is 2. The summed E-state index contributed by atoms with van der Waals surface area (Å²) in [7, 11) is 0. The molecule has 5 N–H and O–H groups in total. The highest BCUT2D eigenvalue weighted by Crippen LogP contribution is 2.00. The summed E-state index contributed by atoms with van der Waals surface area (Å²) in [5, 5.41) is 13.3. The zero-order chi connectivity index (χ0) is 13.6. The topological polar surface area (TPSA) is 122 Å². The van der Waals surface area contributed by atoms with Gasteiger partial charge in [-0.2, -0.15) is 0 Å². The van der Waals surface area contributed by atoms with Gasteiger partial charge in [-0.05, 0) is 20.3 Å². The van der Waals surface area contributed by atoms with Crippen molar-refractivity contribution in [1.29, 1.82) is 0 Å². The number of carboxylic acids is 1. The van der Waals surface area contributed by atoms with Crippen LogP contribution in [0.3, 0.4) is 0 Å². The van der Waals surface area contributed by atoms with Gasteiger partial charge in [0.05, 0.1) is 0 Å². The molecule has 0 saturated carbocycles. The lowest BCUT2D eigenvalue weighted by Crippen LogP contribution is -2.57. The number of carbonyl (C=O) groups is 3. The Bertz CT molecular complexity index is 338. The van der Waals surface area contributed by atoms with E-state index in [1.807, 2.05) is 0 Å². The highest BCUT2D eigenvalue weighted by atomic mass is 16.4. The van der Waals surface area contributed by atoms with E-state index in [0.717, 1.165) is 0 Å². The summed E-state index contributed by atoms with van der Waals surface area (Å²) in [6.07, 6.45) is 1.46. The minimum absolute atomic E-state index is 0.0831. The molecular formula is C10H17N3O4. The van der Waals surface area contributed by atoms with Crippen molar-refractivity contribution in [2.24, 2.45) is 5.73 Å². The number of rotatable bonds is 6. The molecular weight excluding hydrogens is 226 g/mol. The molecule has 96 valence electrons. The van der Waals surface area contributed by atoms with Crippen molar-refractivity contribution in [3.63, 3.8) is 0 Å². The van der Waals surface area contributed by atoms with Gasteiger partial charge in [0.2, 0.25) is 5.91 Å². The largest absolute Gasteiger partial charge is 0.480 e. The van der Waals surface area contributed by atoms with Crippen LogP contribution in [0.5, 0.6) is 0 Å². The molecule has 0 saturated heterocycles. The molecule has 0 radical (unpaired) electrons. The number of primary amides is 1. The van der Waals surface area contributed by atoms with Crippen molar-refractivity contribution in [2.75, 3.05) is 0 Å². The van der Waals surface area contributed by atoms with Gasteiger partial charge < -0.3 is 21.5 Å². The van der Waals surface area contributed by atoms with Crippen LogP contribution in [0.1, 0.15) is 20.3 Å². The van der Waals surface area contributed by atoms with Crippen LogP contribution in [-0.4, -0.2) is 34.6 Å². The second-order valence-electron chi connectivity index (χ2n) is 4.00. The highest BCUT2D eigenvalue weighted by molar-refractivity contribution is 5.90. The summed E-state index contributed by atoms with van der Waals surface area (Å²) in [5.41, 5.74) is 3.81. The highest BCUT2D eigenvalue weighted by Gasteiger charge is 2.28. The van der Waals surface area contributed by atoms with E-state index in [1.54, 1.807) is 0 Å². The second-order valence-corrected chi connectivity index (χ2v) is 4.00. The molecule has 0 spiro atoms. The Morgan fingerprint density at radius 1 is 1.47 bits per heavy atom. The summed E-state index contributed by atoms with van der Waals surface area (Å²) in [4.78, 5) is 33.1. The number of amides is 3. The average molecular weight is 243 g/mol. The molecule has 0 heterocycles. The molecule has 0 aromatic heterocycles. The third kappa shape index (κ3) is 5.01. The van der Waals surface area contributed by atoms with Crippen LogP contribution in [0.4, 0.5) is 4.79 Å². The quantitative estimate of drug-likeness (QED) is 0.473. The monoisotopic (exact) mass is 243 g/mol. The molecule has 0 aliphatic rings. The number of carbonyl (C=O) groups excluding carboxylic acids is 2. The molecule has 0 aromatic carbocycles. The fraction of sp³-hybridized carbons (Fsp3) is 0.500. The Morgan fingerprint density at radius 3 is 2.35 bits per heavy atom. The summed E-state index contributed by atoms with van der Waals surface area (Å²) in [5.74, 6) is -1.90. The van der Waals surface area contributed by atoms with Crippen LogP contribution in [0.2, 0.25) is 0 Å². The van der Waals surface area contributed by atoms with Gasteiger partial charge in [0.25, 0.3) is 0 Å². The molecule has 1 atom stereocenters. The van der Waals surface area contributed by atoms with E-state index < -0.39 is 29.5 Å². The van der Waals surface area contributed by atoms with E-state index in [9.17, 15) is 14.4 Å². The fourth-order valence-corrected chi connectivity index (χ4v) is 0.928. The van der Waals surface area contributed by atoms with E-state index in [-0.39, 0.29) is 6.42 Å². The third-order valence-corrected chi connectivity index (χ3v) is 2.05. The smallest absolute Gasteiger partial charge is 0.326 e. The van der Waals surface area contributed by atoms with Crippen molar-refractivity contribution in [1.82, 2.24) is 10.6 Å². The van der Waals surface area contributed by atoms with Crippen LogP contribution in [-0.2, 0) is 9.59 Å². The Labute approximate surface area is 99.1 Å². The molecule has 1 unspecified atom stereocenters. The van der Waals surface area contributed by atoms with E-state index in [1.165, 1.54) is 19.9 Å². The van der Waals surface area contributed by atoms with Gasteiger partial charge in [0, 0.05) is 0 Å². The van der Waals surface area contributed by atoms with Gasteiger partial charge in [-0.25, -0.2) is 9.59 Å². The summed E-state index contributed by atoms with van der Waals surface area (Å²) in [6.45, 7) is 6.21. The number of hydrogen-bond donors (Lipinski definition) is 4. The number of urea groups is 1. The van der Waals surface area contributed by atoms with E-state index in [0.29, 0.717) is 0 Å². The lowest BCUT2D eigenvalue weighted by molar-refractivity contribution is -0.139. The van der Waals surface area contributed by atoms with Gasteiger partial charge in [0.15, 0.2) is 0 Å². The van der Waals surface area contributed by atoms with Gasteiger partial charge in [-0.15, -0.1) is 6.58 Å². The molecule has 3 amide bonds. The van der Waals surface area contributed by atoms with Crippen LogP contribution in [0, 0.1) is 0 Å². The van der Waals surface area contributed by atoms with Gasteiger partial charge in [-0.1, -0.05) is 6.08 Å². The molecule has 0 rings (SSSR count). The second kappa shape index (κ2) is 5.88. The minimum Gasteiger partial charge on any atom is -0.480 e. The van der Waals surface area contributed by atoms with Crippen LogP contribution >= 0.6 is 0 Å². The van der Waals surface area contributed by atoms with Gasteiger partial charge in [0.1, 0.15) is 11.6 Å². The summed E-state index contributed by atoms with van der Waals surface area (Å²) in [6, 6.07) is -1.86. The zero-order valence-corrected chi connectivity index (χ0v) is 9.82.